The molecule has 0 aliphatic carbocycles. The van der Waals surface area contributed by atoms with Crippen molar-refractivity contribution in [2.75, 3.05) is 7.11 Å². The van der Waals surface area contributed by atoms with Crippen LogP contribution in [0.25, 0.3) is 27.5 Å². The zero-order chi connectivity index (χ0) is 21.7. The molecule has 0 N–H and O–H groups in total. The molecule has 154 valence electrons. The quantitative estimate of drug-likeness (QED) is 0.420. The van der Waals surface area contributed by atoms with Gasteiger partial charge in [0.15, 0.2) is 0 Å². The average molecular weight is 414 g/mol. The Morgan fingerprint density at radius 2 is 1.52 bits per heavy atom. The first-order chi connectivity index (χ1) is 15.0. The Balaban J connectivity index is 1.78. The number of rotatable bonds is 3. The van der Waals surface area contributed by atoms with Crippen LogP contribution in [-0.2, 0) is 0 Å². The lowest BCUT2D eigenvalue weighted by molar-refractivity contribution is 0.414. The molecular weight excluding hydrogens is 396 g/mol. The van der Waals surface area contributed by atoms with E-state index in [0.29, 0.717) is 44.9 Å². The summed E-state index contributed by atoms with van der Waals surface area (Å²) in [4.78, 5) is 31.0. The van der Waals surface area contributed by atoms with Crippen molar-refractivity contribution in [3.8, 4) is 11.4 Å². The highest BCUT2D eigenvalue weighted by Crippen LogP contribution is 2.18. The molecule has 5 rings (SSSR count). The maximum absolute atomic E-state index is 13.3. The Bertz CT molecular complexity index is 1580. The van der Waals surface area contributed by atoms with Gasteiger partial charge in [-0.1, -0.05) is 6.07 Å². The topological polar surface area (TPSA) is 96.8 Å². The molecule has 4 aromatic heterocycles. The maximum Gasteiger partial charge on any atom is 0.279 e. The number of hydrogen-bond acceptors (Lipinski definition) is 6. The van der Waals surface area contributed by atoms with Crippen LogP contribution in [-0.4, -0.2) is 36.2 Å². The molecule has 9 heteroatoms. The summed E-state index contributed by atoms with van der Waals surface area (Å²) in [7, 11) is 1.57. The van der Waals surface area contributed by atoms with Crippen LogP contribution in [0.2, 0.25) is 0 Å². The second kappa shape index (κ2) is 6.91. The van der Waals surface area contributed by atoms with E-state index in [1.54, 1.807) is 62.3 Å². The predicted molar refractivity (Wildman–Crippen MR) is 116 cm³/mol. The minimum absolute atomic E-state index is 0.272. The van der Waals surface area contributed by atoms with Gasteiger partial charge in [-0.15, -0.1) is 10.2 Å². The van der Waals surface area contributed by atoms with E-state index in [4.69, 9.17) is 4.74 Å². The van der Waals surface area contributed by atoms with E-state index in [2.05, 4.69) is 15.2 Å². The molecule has 0 fully saturated rings. The number of methoxy groups -OCH3 is 1. The van der Waals surface area contributed by atoms with Gasteiger partial charge in [0.2, 0.25) is 0 Å². The number of pyridine rings is 3. The lowest BCUT2D eigenvalue weighted by Crippen LogP contribution is -2.28. The lowest BCUT2D eigenvalue weighted by atomic mass is 10.2. The summed E-state index contributed by atoms with van der Waals surface area (Å²) in [5, 5.41) is 8.71. The molecule has 4 heterocycles. The third-order valence-electron chi connectivity index (χ3n) is 5.22. The summed E-state index contributed by atoms with van der Waals surface area (Å²) in [6.45, 7) is 3.53. The highest BCUT2D eigenvalue weighted by molar-refractivity contribution is 5.91. The number of hydrogen-bond donors (Lipinski definition) is 0. The monoisotopic (exact) mass is 414 g/mol. The first-order valence-corrected chi connectivity index (χ1v) is 9.59. The predicted octanol–water partition coefficient (Wildman–Crippen LogP) is 2.23. The van der Waals surface area contributed by atoms with Crippen LogP contribution in [0.15, 0.2) is 64.4 Å². The fraction of sp³-hybridized carbons (Fsp3) is 0.136. The van der Waals surface area contributed by atoms with E-state index in [-0.39, 0.29) is 11.1 Å². The van der Waals surface area contributed by atoms with Crippen LogP contribution in [0.5, 0.6) is 5.75 Å². The second-order valence-electron chi connectivity index (χ2n) is 7.12. The number of nitrogens with zero attached hydrogens (tertiary/aromatic N) is 6. The first-order valence-electron chi connectivity index (χ1n) is 9.59. The van der Waals surface area contributed by atoms with E-state index >= 15 is 0 Å². The fourth-order valence-electron chi connectivity index (χ4n) is 3.71. The van der Waals surface area contributed by atoms with Crippen molar-refractivity contribution in [2.24, 2.45) is 0 Å². The second-order valence-corrected chi connectivity index (χ2v) is 7.12. The molecule has 0 bridgehead atoms. The molecule has 0 atom stereocenters. The molecule has 0 amide bonds. The van der Waals surface area contributed by atoms with Crippen LogP contribution >= 0.6 is 0 Å². The van der Waals surface area contributed by atoms with Gasteiger partial charge in [0.25, 0.3) is 11.1 Å². The summed E-state index contributed by atoms with van der Waals surface area (Å²) in [5.41, 5.74) is 1.11. The van der Waals surface area contributed by atoms with Crippen LogP contribution in [0.4, 0.5) is 0 Å². The van der Waals surface area contributed by atoms with E-state index in [9.17, 15) is 9.59 Å². The van der Waals surface area contributed by atoms with Crippen LogP contribution in [0.3, 0.4) is 0 Å². The SMILES string of the molecule is COc1cccc(-n2ccc3nc4ccn(-n5c(C)nnc5C)c(=O)c4cc3c2=O)c1. The molecule has 0 aliphatic heterocycles. The maximum atomic E-state index is 13.3. The number of fused-ring (bicyclic) bond motifs is 2. The molecule has 0 spiro atoms. The van der Waals surface area contributed by atoms with Gasteiger partial charge in [-0.3, -0.25) is 14.2 Å². The zero-order valence-corrected chi connectivity index (χ0v) is 17.1. The normalized spacial score (nSPS) is 11.3. The van der Waals surface area contributed by atoms with E-state index in [0.717, 1.165) is 0 Å². The lowest BCUT2D eigenvalue weighted by Gasteiger charge is -2.12. The minimum Gasteiger partial charge on any atom is -0.497 e. The van der Waals surface area contributed by atoms with Crippen molar-refractivity contribution < 1.29 is 4.74 Å². The van der Waals surface area contributed by atoms with Crippen molar-refractivity contribution in [3.63, 3.8) is 0 Å². The van der Waals surface area contributed by atoms with Gasteiger partial charge in [0.05, 0.1) is 34.6 Å². The molecule has 9 nitrogen and oxygen atoms in total. The van der Waals surface area contributed by atoms with Crippen molar-refractivity contribution >= 4 is 21.8 Å². The van der Waals surface area contributed by atoms with E-state index in [1.165, 1.54) is 9.24 Å². The molecule has 0 radical (unpaired) electrons. The van der Waals surface area contributed by atoms with Crippen molar-refractivity contribution in [2.45, 2.75) is 13.8 Å². The van der Waals surface area contributed by atoms with Gasteiger partial charge < -0.3 is 4.74 Å². The molecule has 0 unspecified atom stereocenters. The number of benzene rings is 1. The van der Waals surface area contributed by atoms with Gasteiger partial charge in [-0.25, -0.2) is 14.3 Å². The van der Waals surface area contributed by atoms with Gasteiger partial charge in [0, 0.05) is 18.5 Å². The number of ether oxygens (including phenoxy) is 1. The summed E-state index contributed by atoms with van der Waals surface area (Å²) in [6, 6.07) is 12.3. The summed E-state index contributed by atoms with van der Waals surface area (Å²) < 4.78 is 9.81. The largest absolute Gasteiger partial charge is 0.497 e. The smallest absolute Gasteiger partial charge is 0.279 e. The minimum atomic E-state index is -0.311. The Hall–Kier alpha value is -4.27. The summed E-state index contributed by atoms with van der Waals surface area (Å²) >= 11 is 0. The van der Waals surface area contributed by atoms with Crippen molar-refractivity contribution in [1.29, 1.82) is 0 Å². The van der Waals surface area contributed by atoms with E-state index < -0.39 is 0 Å². The first kappa shape index (κ1) is 18.7. The molecule has 0 saturated carbocycles. The standard InChI is InChI=1S/C22H18N6O3/c1-13-24-25-14(2)28(13)27-10-8-20-18(22(27)30)12-17-19(23-20)7-9-26(21(17)29)15-5-4-6-16(11-15)31-3/h4-12H,1-3H3. The van der Waals surface area contributed by atoms with E-state index in [1.807, 2.05) is 18.2 Å². The Kier molecular flexibility index (Phi) is 4.18. The Labute approximate surface area is 175 Å². The van der Waals surface area contributed by atoms with Gasteiger partial charge in [0.1, 0.15) is 17.4 Å². The highest BCUT2D eigenvalue weighted by Gasteiger charge is 2.14. The third-order valence-corrected chi connectivity index (χ3v) is 5.22. The molecule has 0 saturated heterocycles. The fourth-order valence-corrected chi connectivity index (χ4v) is 3.71. The highest BCUT2D eigenvalue weighted by atomic mass is 16.5. The zero-order valence-electron chi connectivity index (χ0n) is 17.1. The molecule has 1 aromatic carbocycles. The number of aromatic nitrogens is 6. The Morgan fingerprint density at radius 1 is 0.839 bits per heavy atom. The Morgan fingerprint density at radius 3 is 2.23 bits per heavy atom. The molecule has 31 heavy (non-hydrogen) atoms. The summed E-state index contributed by atoms with van der Waals surface area (Å²) in [6.07, 6.45) is 3.30. The van der Waals surface area contributed by atoms with Gasteiger partial charge in [-0.05, 0) is 44.2 Å². The summed E-state index contributed by atoms with van der Waals surface area (Å²) in [5.74, 6) is 1.80. The van der Waals surface area contributed by atoms with Gasteiger partial charge >= 0.3 is 0 Å². The van der Waals surface area contributed by atoms with Crippen LogP contribution in [0, 0.1) is 13.8 Å². The average Bonchev–Trinajstić information content (AvgIpc) is 3.11. The van der Waals surface area contributed by atoms with Crippen molar-refractivity contribution in [3.05, 3.63) is 87.2 Å². The molecule has 5 aromatic rings. The van der Waals surface area contributed by atoms with Crippen LogP contribution in [0.1, 0.15) is 11.6 Å². The van der Waals surface area contributed by atoms with Gasteiger partial charge in [-0.2, -0.15) is 0 Å². The third kappa shape index (κ3) is 2.90. The number of aryl methyl sites for hydroxylation is 2. The molecule has 0 aliphatic rings. The van der Waals surface area contributed by atoms with Crippen LogP contribution < -0.4 is 15.9 Å². The van der Waals surface area contributed by atoms with Crippen molar-refractivity contribution in [1.82, 2.24) is 29.1 Å². The molecular formula is C22H18N6O3.